The Labute approximate surface area is 169 Å². The monoisotopic (exact) mass is 389 g/mol. The van der Waals surface area contributed by atoms with Gasteiger partial charge in [-0.3, -0.25) is 4.98 Å². The summed E-state index contributed by atoms with van der Waals surface area (Å²) in [5.74, 6) is 1.83. The van der Waals surface area contributed by atoms with Crippen molar-refractivity contribution in [2.75, 3.05) is 26.7 Å². The van der Waals surface area contributed by atoms with Gasteiger partial charge in [0.1, 0.15) is 17.1 Å². The summed E-state index contributed by atoms with van der Waals surface area (Å²) in [6.45, 7) is 3.69. The highest BCUT2D eigenvalue weighted by Crippen LogP contribution is 2.29. The van der Waals surface area contributed by atoms with E-state index in [9.17, 15) is 4.79 Å². The van der Waals surface area contributed by atoms with Crippen LogP contribution in [-0.2, 0) is 13.1 Å². The zero-order valence-corrected chi connectivity index (χ0v) is 16.4. The van der Waals surface area contributed by atoms with Crippen molar-refractivity contribution in [3.63, 3.8) is 0 Å². The Morgan fingerprint density at radius 3 is 2.86 bits per heavy atom. The smallest absolute Gasteiger partial charge is 0.320 e. The molecule has 2 aromatic heterocycles. The molecule has 0 unspecified atom stereocenters. The maximum atomic E-state index is 12.0. The van der Waals surface area contributed by atoms with Gasteiger partial charge in [0.25, 0.3) is 0 Å². The summed E-state index contributed by atoms with van der Waals surface area (Å²) in [6, 6.07) is 10.1. The van der Waals surface area contributed by atoms with Crippen molar-refractivity contribution in [3.05, 3.63) is 53.6 Å². The van der Waals surface area contributed by atoms with E-state index >= 15 is 0 Å². The highest BCUT2D eigenvalue weighted by atomic mass is 16.5. The number of amides is 2. The third-order valence-corrected chi connectivity index (χ3v) is 5.47. The average molecular weight is 389 g/mol. The first-order valence-corrected chi connectivity index (χ1v) is 9.94. The summed E-state index contributed by atoms with van der Waals surface area (Å²) >= 11 is 0. The molecule has 29 heavy (non-hydrogen) atoms. The zero-order valence-electron chi connectivity index (χ0n) is 16.4. The second-order valence-corrected chi connectivity index (χ2v) is 7.49. The van der Waals surface area contributed by atoms with E-state index in [2.05, 4.69) is 9.55 Å². The van der Waals surface area contributed by atoms with Crippen LogP contribution in [0.25, 0.3) is 23.2 Å². The second-order valence-electron chi connectivity index (χ2n) is 7.49. The molecular formula is C22H23N5O2. The Morgan fingerprint density at radius 1 is 1.14 bits per heavy atom. The van der Waals surface area contributed by atoms with Gasteiger partial charge in [-0.1, -0.05) is 12.1 Å². The van der Waals surface area contributed by atoms with Crippen LogP contribution in [0.15, 0.2) is 36.5 Å². The maximum Gasteiger partial charge on any atom is 0.320 e. The van der Waals surface area contributed by atoms with Crippen molar-refractivity contribution in [1.29, 1.82) is 0 Å². The SMILES string of the molecule is CN1CCN(Cc2ccc(/C=C/c3nc4cccc5c4n3CCCO5)cn2)C1=O. The Bertz CT molecular complexity index is 1090. The topological polar surface area (TPSA) is 63.5 Å². The molecular weight excluding hydrogens is 366 g/mol. The minimum atomic E-state index is 0.0652. The molecule has 1 saturated heterocycles. The van der Waals surface area contributed by atoms with Crippen molar-refractivity contribution < 1.29 is 9.53 Å². The molecule has 1 fully saturated rings. The van der Waals surface area contributed by atoms with Gasteiger partial charge in [-0.2, -0.15) is 0 Å². The van der Waals surface area contributed by atoms with E-state index in [1.807, 2.05) is 60.6 Å². The van der Waals surface area contributed by atoms with Crippen LogP contribution in [0.4, 0.5) is 4.79 Å². The Kier molecular flexibility index (Phi) is 4.42. The molecule has 7 heteroatoms. The minimum absolute atomic E-state index is 0.0652. The van der Waals surface area contributed by atoms with Crippen molar-refractivity contribution >= 4 is 29.2 Å². The molecule has 2 aliphatic heterocycles. The van der Waals surface area contributed by atoms with E-state index < -0.39 is 0 Å². The lowest BCUT2D eigenvalue weighted by molar-refractivity contribution is 0.196. The number of carbonyl (C=O) groups is 1. The number of para-hydroxylation sites is 1. The van der Waals surface area contributed by atoms with Gasteiger partial charge in [-0.25, -0.2) is 9.78 Å². The summed E-state index contributed by atoms with van der Waals surface area (Å²) in [5.41, 5.74) is 3.92. The van der Waals surface area contributed by atoms with Crippen LogP contribution in [0.5, 0.6) is 5.75 Å². The summed E-state index contributed by atoms with van der Waals surface area (Å²) in [4.78, 5) is 24.9. The van der Waals surface area contributed by atoms with Crippen molar-refractivity contribution in [1.82, 2.24) is 24.3 Å². The molecule has 4 heterocycles. The van der Waals surface area contributed by atoms with Gasteiger partial charge < -0.3 is 19.1 Å². The predicted octanol–water partition coefficient (Wildman–Crippen LogP) is 3.25. The predicted molar refractivity (Wildman–Crippen MR) is 111 cm³/mol. The van der Waals surface area contributed by atoms with E-state index in [0.717, 1.165) is 66.5 Å². The summed E-state index contributed by atoms with van der Waals surface area (Å²) in [7, 11) is 1.83. The number of urea groups is 1. The molecule has 5 rings (SSSR count). The number of likely N-dealkylation sites (N-methyl/N-ethyl adjacent to an activating group) is 1. The number of benzene rings is 1. The van der Waals surface area contributed by atoms with E-state index in [4.69, 9.17) is 9.72 Å². The Hall–Kier alpha value is -3.35. The lowest BCUT2D eigenvalue weighted by Gasteiger charge is -2.15. The van der Waals surface area contributed by atoms with Gasteiger partial charge in [0, 0.05) is 32.9 Å². The molecule has 148 valence electrons. The molecule has 1 aromatic carbocycles. The fourth-order valence-corrected chi connectivity index (χ4v) is 3.89. The number of hydrogen-bond donors (Lipinski definition) is 0. The largest absolute Gasteiger partial charge is 0.491 e. The summed E-state index contributed by atoms with van der Waals surface area (Å²) < 4.78 is 8.08. The van der Waals surface area contributed by atoms with Gasteiger partial charge in [0.2, 0.25) is 0 Å². The van der Waals surface area contributed by atoms with Crippen LogP contribution in [0.2, 0.25) is 0 Å². The minimum Gasteiger partial charge on any atom is -0.491 e. The van der Waals surface area contributed by atoms with Crippen LogP contribution in [0, 0.1) is 0 Å². The van der Waals surface area contributed by atoms with Crippen molar-refractivity contribution in [2.24, 2.45) is 0 Å². The van der Waals surface area contributed by atoms with Gasteiger partial charge in [-0.15, -0.1) is 0 Å². The van der Waals surface area contributed by atoms with E-state index in [0.29, 0.717) is 6.54 Å². The van der Waals surface area contributed by atoms with Crippen molar-refractivity contribution in [3.8, 4) is 5.75 Å². The number of rotatable bonds is 4. The Morgan fingerprint density at radius 2 is 2.07 bits per heavy atom. The number of aromatic nitrogens is 3. The van der Waals surface area contributed by atoms with Gasteiger partial charge in [0.05, 0.1) is 24.4 Å². The van der Waals surface area contributed by atoms with Crippen molar-refractivity contribution in [2.45, 2.75) is 19.5 Å². The fraction of sp³-hybridized carbons (Fsp3) is 0.318. The average Bonchev–Trinajstić information content (AvgIpc) is 3.15. The Balaban J connectivity index is 1.35. The van der Waals surface area contributed by atoms with E-state index in [1.165, 1.54) is 0 Å². The summed E-state index contributed by atoms with van der Waals surface area (Å²) in [5, 5.41) is 0. The number of hydrogen-bond acceptors (Lipinski definition) is 4. The highest BCUT2D eigenvalue weighted by Gasteiger charge is 2.25. The molecule has 0 aliphatic carbocycles. The first kappa shape index (κ1) is 17.7. The van der Waals surface area contributed by atoms with E-state index in [1.54, 1.807) is 4.90 Å². The van der Waals surface area contributed by atoms with Crippen LogP contribution < -0.4 is 4.74 Å². The first-order valence-electron chi connectivity index (χ1n) is 9.94. The van der Waals surface area contributed by atoms with Gasteiger partial charge in [0.15, 0.2) is 0 Å². The van der Waals surface area contributed by atoms with Crippen LogP contribution in [0.1, 0.15) is 23.5 Å². The van der Waals surface area contributed by atoms with Gasteiger partial charge in [-0.05, 0) is 42.3 Å². The second kappa shape index (κ2) is 7.24. The van der Waals surface area contributed by atoms with Crippen LogP contribution in [-0.4, -0.2) is 57.1 Å². The number of nitrogens with zero attached hydrogens (tertiary/aromatic N) is 5. The summed E-state index contributed by atoms with van der Waals surface area (Å²) in [6.07, 6.45) is 6.86. The molecule has 0 atom stereocenters. The van der Waals surface area contributed by atoms with Gasteiger partial charge >= 0.3 is 6.03 Å². The van der Waals surface area contributed by atoms with Crippen LogP contribution >= 0.6 is 0 Å². The number of ether oxygens (including phenoxy) is 1. The molecule has 2 amide bonds. The number of carbonyl (C=O) groups excluding carboxylic acids is 1. The number of pyridine rings is 1. The quantitative estimate of drug-likeness (QED) is 0.687. The fourth-order valence-electron chi connectivity index (χ4n) is 3.89. The molecule has 0 radical (unpaired) electrons. The molecule has 2 aliphatic rings. The lowest BCUT2D eigenvalue weighted by atomic mass is 10.2. The molecule has 0 N–H and O–H groups in total. The molecule has 0 bridgehead atoms. The zero-order chi connectivity index (χ0) is 19.8. The third kappa shape index (κ3) is 3.33. The number of aryl methyl sites for hydroxylation is 1. The molecule has 0 spiro atoms. The lowest BCUT2D eigenvalue weighted by Crippen LogP contribution is -2.29. The highest BCUT2D eigenvalue weighted by molar-refractivity contribution is 5.85. The standard InChI is InChI=1S/C22H23N5O2/c1-25-11-12-26(22(25)28)15-17-8-6-16(14-23-17)7-9-20-24-18-4-2-5-19-21(18)27(20)10-3-13-29-19/h2,4-9,14H,3,10-13,15H2,1H3/b9-7+. The normalized spacial score (nSPS) is 16.7. The molecule has 3 aromatic rings. The third-order valence-electron chi connectivity index (χ3n) is 5.47. The molecule has 0 saturated carbocycles. The maximum absolute atomic E-state index is 12.0. The number of imidazole rings is 1. The molecule has 7 nitrogen and oxygen atoms in total. The van der Waals surface area contributed by atoms with Crippen LogP contribution in [0.3, 0.4) is 0 Å². The van der Waals surface area contributed by atoms with E-state index in [-0.39, 0.29) is 6.03 Å². The first-order chi connectivity index (χ1) is 14.2.